The Morgan fingerprint density at radius 3 is 2.63 bits per heavy atom. The molecule has 4 nitrogen and oxygen atoms in total. The van der Waals surface area contributed by atoms with Gasteiger partial charge in [0.1, 0.15) is 5.76 Å². The number of hydrogen-bond acceptors (Lipinski definition) is 3. The first kappa shape index (κ1) is 13.3. The molecule has 2 rings (SSSR count). The predicted molar refractivity (Wildman–Crippen MR) is 73.2 cm³/mol. The topological polar surface area (TPSA) is 55.1 Å². The molecule has 0 radical (unpaired) electrons. The lowest BCUT2D eigenvalue weighted by Gasteiger charge is -2.06. The molecule has 0 saturated heterocycles. The van der Waals surface area contributed by atoms with E-state index >= 15 is 0 Å². The highest BCUT2D eigenvalue weighted by molar-refractivity contribution is 5.94. The van der Waals surface area contributed by atoms with Crippen LogP contribution < -0.4 is 5.32 Å². The molecule has 1 aromatic carbocycles. The lowest BCUT2D eigenvalue weighted by molar-refractivity contribution is 0.0953. The number of benzene rings is 1. The summed E-state index contributed by atoms with van der Waals surface area (Å²) in [5.41, 5.74) is 3.86. The molecule has 0 aliphatic carbocycles. The summed E-state index contributed by atoms with van der Waals surface area (Å²) in [5.74, 6) is 0.734. The number of carbonyl (C=O) groups is 1. The average molecular weight is 258 g/mol. The maximum Gasteiger partial charge on any atom is 0.251 e. The summed E-state index contributed by atoms with van der Waals surface area (Å²) in [6, 6.07) is 7.59. The van der Waals surface area contributed by atoms with Crippen LogP contribution in [-0.4, -0.2) is 17.6 Å². The number of aromatic nitrogens is 1. The molecule has 0 aliphatic rings. The van der Waals surface area contributed by atoms with Gasteiger partial charge in [0.25, 0.3) is 5.91 Å². The van der Waals surface area contributed by atoms with Crippen molar-refractivity contribution in [1.29, 1.82) is 0 Å². The second kappa shape index (κ2) is 5.69. The summed E-state index contributed by atoms with van der Waals surface area (Å²) in [6.07, 6.45) is 0.650. The molecule has 0 spiro atoms. The van der Waals surface area contributed by atoms with Crippen LogP contribution in [0.4, 0.5) is 0 Å². The van der Waals surface area contributed by atoms with Crippen LogP contribution in [0.1, 0.15) is 32.9 Å². The first-order chi connectivity index (χ1) is 9.06. The minimum atomic E-state index is -0.0562. The van der Waals surface area contributed by atoms with Gasteiger partial charge in [-0.25, -0.2) is 0 Å². The zero-order chi connectivity index (χ0) is 13.8. The van der Waals surface area contributed by atoms with Gasteiger partial charge >= 0.3 is 0 Å². The van der Waals surface area contributed by atoms with Gasteiger partial charge in [-0.3, -0.25) is 4.79 Å². The normalized spacial score (nSPS) is 10.5. The summed E-state index contributed by atoms with van der Waals surface area (Å²) in [5, 5.41) is 6.68. The van der Waals surface area contributed by atoms with E-state index in [-0.39, 0.29) is 5.91 Å². The van der Waals surface area contributed by atoms with Gasteiger partial charge in [0.15, 0.2) is 0 Å². The minimum Gasteiger partial charge on any atom is -0.361 e. The van der Waals surface area contributed by atoms with E-state index in [1.165, 1.54) is 5.56 Å². The van der Waals surface area contributed by atoms with E-state index in [2.05, 4.69) is 10.5 Å². The summed E-state index contributed by atoms with van der Waals surface area (Å²) in [4.78, 5) is 11.9. The molecule has 1 heterocycles. The SMILES string of the molecule is Cc1cc(CCNC(=O)c2ccc(C)c(C)c2)on1. The third-order valence-electron chi connectivity index (χ3n) is 3.10. The first-order valence-electron chi connectivity index (χ1n) is 6.34. The largest absolute Gasteiger partial charge is 0.361 e. The molecule has 0 saturated carbocycles. The van der Waals surface area contributed by atoms with Crippen LogP contribution in [0.3, 0.4) is 0 Å². The Bertz CT molecular complexity index is 588. The molecule has 1 N–H and O–H groups in total. The van der Waals surface area contributed by atoms with Gasteiger partial charge in [-0.15, -0.1) is 0 Å². The molecule has 0 atom stereocenters. The van der Waals surface area contributed by atoms with Gasteiger partial charge in [-0.05, 0) is 44.0 Å². The van der Waals surface area contributed by atoms with Crippen molar-refractivity contribution in [2.24, 2.45) is 0 Å². The van der Waals surface area contributed by atoms with Crippen molar-refractivity contribution >= 4 is 5.91 Å². The summed E-state index contributed by atoms with van der Waals surface area (Å²) in [6.45, 7) is 6.45. The number of carbonyl (C=O) groups excluding carboxylic acids is 1. The molecule has 19 heavy (non-hydrogen) atoms. The zero-order valence-corrected chi connectivity index (χ0v) is 11.5. The van der Waals surface area contributed by atoms with Crippen molar-refractivity contribution in [2.75, 3.05) is 6.54 Å². The first-order valence-corrected chi connectivity index (χ1v) is 6.34. The van der Waals surface area contributed by atoms with Gasteiger partial charge in [0.2, 0.25) is 0 Å². The van der Waals surface area contributed by atoms with Gasteiger partial charge in [0.05, 0.1) is 5.69 Å². The molecular weight excluding hydrogens is 240 g/mol. The van der Waals surface area contributed by atoms with Crippen LogP contribution in [0.15, 0.2) is 28.8 Å². The predicted octanol–water partition coefficient (Wildman–Crippen LogP) is 2.57. The van der Waals surface area contributed by atoms with Gasteiger partial charge < -0.3 is 9.84 Å². The molecule has 100 valence electrons. The molecule has 1 aromatic heterocycles. The maximum absolute atomic E-state index is 11.9. The molecule has 1 amide bonds. The van der Waals surface area contributed by atoms with Gasteiger partial charge in [0, 0.05) is 24.6 Å². The fourth-order valence-electron chi connectivity index (χ4n) is 1.82. The van der Waals surface area contributed by atoms with Gasteiger partial charge in [-0.2, -0.15) is 0 Å². The minimum absolute atomic E-state index is 0.0562. The fraction of sp³-hybridized carbons (Fsp3) is 0.333. The number of amides is 1. The fourth-order valence-corrected chi connectivity index (χ4v) is 1.82. The van der Waals surface area contributed by atoms with Crippen LogP contribution in [0.5, 0.6) is 0 Å². The average Bonchev–Trinajstić information content (AvgIpc) is 2.78. The second-order valence-corrected chi connectivity index (χ2v) is 4.74. The smallest absolute Gasteiger partial charge is 0.251 e. The van der Waals surface area contributed by atoms with Crippen molar-refractivity contribution in [1.82, 2.24) is 10.5 Å². The van der Waals surface area contributed by atoms with E-state index in [1.54, 1.807) is 0 Å². The van der Waals surface area contributed by atoms with Crippen molar-refractivity contribution in [3.63, 3.8) is 0 Å². The Balaban J connectivity index is 1.89. The summed E-state index contributed by atoms with van der Waals surface area (Å²) < 4.78 is 5.09. The van der Waals surface area contributed by atoms with Crippen LogP contribution in [-0.2, 0) is 6.42 Å². The van der Waals surface area contributed by atoms with Gasteiger partial charge in [-0.1, -0.05) is 11.2 Å². The summed E-state index contributed by atoms with van der Waals surface area (Å²) in [7, 11) is 0. The van der Waals surface area contributed by atoms with Crippen LogP contribution >= 0.6 is 0 Å². The maximum atomic E-state index is 11.9. The van der Waals surface area contributed by atoms with E-state index in [4.69, 9.17) is 4.52 Å². The number of nitrogens with one attached hydrogen (secondary N) is 1. The second-order valence-electron chi connectivity index (χ2n) is 4.74. The monoisotopic (exact) mass is 258 g/mol. The van der Waals surface area contributed by atoms with Crippen molar-refractivity contribution < 1.29 is 9.32 Å². The van der Waals surface area contributed by atoms with Crippen molar-refractivity contribution in [3.8, 4) is 0 Å². The number of aryl methyl sites for hydroxylation is 3. The molecule has 4 heteroatoms. The number of hydrogen-bond donors (Lipinski definition) is 1. The Labute approximate surface area is 112 Å². The van der Waals surface area contributed by atoms with Crippen molar-refractivity contribution in [2.45, 2.75) is 27.2 Å². The van der Waals surface area contributed by atoms with Crippen LogP contribution in [0, 0.1) is 20.8 Å². The molecular formula is C15H18N2O2. The lowest BCUT2D eigenvalue weighted by Crippen LogP contribution is -2.25. The zero-order valence-electron chi connectivity index (χ0n) is 11.5. The molecule has 2 aromatic rings. The van der Waals surface area contributed by atoms with E-state index < -0.39 is 0 Å². The molecule has 0 unspecified atom stereocenters. The standard InChI is InChI=1S/C15H18N2O2/c1-10-4-5-13(8-11(10)2)15(18)16-7-6-14-9-12(3)17-19-14/h4-5,8-9H,6-7H2,1-3H3,(H,16,18). The number of nitrogens with zero attached hydrogens (tertiary/aromatic N) is 1. The highest BCUT2D eigenvalue weighted by atomic mass is 16.5. The Morgan fingerprint density at radius 1 is 1.21 bits per heavy atom. The molecule has 0 bridgehead atoms. The lowest BCUT2D eigenvalue weighted by atomic mass is 10.1. The summed E-state index contributed by atoms with van der Waals surface area (Å²) >= 11 is 0. The molecule has 0 aliphatic heterocycles. The third kappa shape index (κ3) is 3.44. The quantitative estimate of drug-likeness (QED) is 0.917. The number of rotatable bonds is 4. The third-order valence-corrected chi connectivity index (χ3v) is 3.10. The van der Waals surface area contributed by atoms with Crippen molar-refractivity contribution in [3.05, 3.63) is 52.4 Å². The highest BCUT2D eigenvalue weighted by Gasteiger charge is 2.07. The van der Waals surface area contributed by atoms with E-state index in [0.29, 0.717) is 18.5 Å². The van der Waals surface area contributed by atoms with E-state index in [9.17, 15) is 4.79 Å². The van der Waals surface area contributed by atoms with Crippen LogP contribution in [0.25, 0.3) is 0 Å². The van der Waals surface area contributed by atoms with E-state index in [0.717, 1.165) is 17.0 Å². The molecule has 0 fully saturated rings. The van der Waals surface area contributed by atoms with E-state index in [1.807, 2.05) is 45.0 Å². The Hall–Kier alpha value is -2.10. The Kier molecular flexibility index (Phi) is 4.00. The highest BCUT2D eigenvalue weighted by Crippen LogP contribution is 2.09. The Morgan fingerprint density at radius 2 is 2.00 bits per heavy atom. The van der Waals surface area contributed by atoms with Crippen LogP contribution in [0.2, 0.25) is 0 Å².